The summed E-state index contributed by atoms with van der Waals surface area (Å²) >= 11 is 0. The van der Waals surface area contributed by atoms with Gasteiger partial charge in [0, 0.05) is 19.4 Å². The summed E-state index contributed by atoms with van der Waals surface area (Å²) in [6.07, 6.45) is -61.4. The normalized spacial score (nSPS) is 55.3. The van der Waals surface area contributed by atoms with Crippen molar-refractivity contribution >= 4 is 0 Å². The van der Waals surface area contributed by atoms with E-state index in [-0.39, 0.29) is 65.0 Å². The third-order valence-electron chi connectivity index (χ3n) is 26.7. The van der Waals surface area contributed by atoms with Crippen molar-refractivity contribution in [3.05, 3.63) is 0 Å². The minimum absolute atomic E-state index is 0.0226. The van der Waals surface area contributed by atoms with Crippen molar-refractivity contribution in [2.24, 2.45) is 52.3 Å². The Kier molecular flexibility index (Phi) is 28.0. The first-order valence-electron chi connectivity index (χ1n) is 38.3. The Hall–Kier alpha value is -1.56. The van der Waals surface area contributed by atoms with Crippen LogP contribution in [0.1, 0.15) is 92.4 Å². The van der Waals surface area contributed by atoms with Gasteiger partial charge in [0.15, 0.2) is 49.8 Å². The van der Waals surface area contributed by atoms with Gasteiger partial charge in [0.25, 0.3) is 0 Å². The molecule has 4 aliphatic carbocycles. The summed E-state index contributed by atoms with van der Waals surface area (Å²) in [5.74, 6) is -0.590. The van der Waals surface area contributed by atoms with Crippen LogP contribution in [0.4, 0.5) is 0 Å². The van der Waals surface area contributed by atoms with E-state index in [1.165, 1.54) is 6.92 Å². The number of hydrogen-bond donors (Lipinski definition) is 23. The molecule has 39 nitrogen and oxygen atoms in total. The van der Waals surface area contributed by atoms with Crippen LogP contribution in [0.5, 0.6) is 0 Å². The molecule has 8 aliphatic heterocycles. The Balaban J connectivity index is 0.728. The Morgan fingerprint density at radius 3 is 1.38 bits per heavy atom. The van der Waals surface area contributed by atoms with Gasteiger partial charge in [-0.05, 0) is 105 Å². The number of ether oxygens (including phenoxy) is 16. The van der Waals surface area contributed by atoms with Crippen molar-refractivity contribution in [2.45, 2.75) is 331 Å². The Labute approximate surface area is 628 Å². The van der Waals surface area contributed by atoms with E-state index in [0.29, 0.717) is 38.5 Å². The minimum atomic E-state index is -2.32. The van der Waals surface area contributed by atoms with Crippen molar-refractivity contribution in [1.82, 2.24) is 0 Å². The highest BCUT2D eigenvalue weighted by Gasteiger charge is 2.70. The SMILES string of the molecule is CO[C@]1(CC[C@@H](C)CO[C@@H]2O[C@H](CO)[C@@H](O)[C@H](O)[C@H]2O)O[C@H]2C[C@H]3[C@@H]4C[C@H](O)[C@H]5C[C@@H](O[C@@H]6O[C@H](CO)[C@H](O[C@@H]7O[C@H](CO)[C@@H](O)[C@H](O[C@@H]8O[C@H](CO)[C@@H](O[C@@H]9O[C@@H](C)[C@H](O)[C@@H](O)[C@H]9O)[C@H](O)[C@H]8O)[C@H]7O[C@@H]7O[C@H](CO)[C@@H](O)[C@H](O[C@@H]8O[C@H](CO)[C@@H](O)[C@H](O)[C@H]8O)[C@H]7O)[C@H](O)[C@H]6O)CC[C@]5(C)[C@H]4CC[C@]3(C)[C@H]2[C@@H]1C. The van der Waals surface area contributed by atoms with E-state index in [0.717, 1.165) is 19.3 Å². The first kappa shape index (κ1) is 86.8. The topological polar surface area (TPSA) is 613 Å². The molecule has 8 saturated heterocycles. The predicted octanol–water partition coefficient (Wildman–Crippen LogP) is -9.83. The molecule has 0 amide bonds. The molecule has 0 spiro atoms. The van der Waals surface area contributed by atoms with Crippen molar-refractivity contribution in [3.8, 4) is 0 Å². The van der Waals surface area contributed by atoms with Crippen LogP contribution in [0, 0.1) is 52.3 Å². The maximum Gasteiger partial charge on any atom is 0.187 e. The average molecular weight is 1580 g/mol. The lowest BCUT2D eigenvalue weighted by atomic mass is 9.43. The molecular formula is C70H118O39. The molecular weight excluding hydrogens is 1460 g/mol. The zero-order valence-corrected chi connectivity index (χ0v) is 61.6. The van der Waals surface area contributed by atoms with E-state index in [9.17, 15) is 117 Å². The van der Waals surface area contributed by atoms with E-state index in [1.807, 2.05) is 6.92 Å². The molecule has 0 unspecified atom stereocenters. The second-order valence-electron chi connectivity index (χ2n) is 33.0. The van der Waals surface area contributed by atoms with Crippen molar-refractivity contribution in [2.75, 3.05) is 53.4 Å². The zero-order valence-electron chi connectivity index (χ0n) is 61.6. The Morgan fingerprint density at radius 1 is 0.385 bits per heavy atom. The second-order valence-corrected chi connectivity index (χ2v) is 33.0. The number of aliphatic hydroxyl groups is 23. The molecule has 632 valence electrons. The van der Waals surface area contributed by atoms with Crippen LogP contribution in [0.25, 0.3) is 0 Å². The van der Waals surface area contributed by atoms with Gasteiger partial charge in [-0.25, -0.2) is 0 Å². The van der Waals surface area contributed by atoms with E-state index >= 15 is 0 Å². The van der Waals surface area contributed by atoms with Crippen LogP contribution >= 0.6 is 0 Å². The number of aliphatic hydroxyl groups excluding tert-OH is 23. The molecule has 4 saturated carbocycles. The molecule has 109 heavy (non-hydrogen) atoms. The standard InChI is InChI=1S/C70H118O39/c1-23(22-95-61-50(88)46(84)41(79)33(16-71)98-61)7-12-70(94-6)24(2)39-32(109-70)15-29-27-14-31(77)30-13-26(8-10-68(30,4)28(27)9-11-69(29,39)5)97-63-53(91)48(86)57(38(21-76)102-63)105-67-60(108-66-55(93)58(43(81)35(18-73)100-66)106-64-52(90)47(85)42(80)34(17-72)99-64)59(44(82)36(19-74)101-67)107-65-54(92)49(87)56(37(20-75)103-65)104-62-51(89)45(83)40(78)25(3)96-62/h23-67,71-93H,7-22H2,1-6H3/t23-,24+,25+,26+,27-,28+,29+,30-,31+,32+,33-,34-,35-,36-,37-,38-,39+,40+,41-,42-,43-,44-,45-,46+,47+,48-,49-,50-,51-,52-,53-,54-,55-,56-,57+,58+,59+,60-,61-,62+,63-,64+,65+,66+,67+,68-,69+,70-/m1/s1. The molecule has 12 fully saturated rings. The summed E-state index contributed by atoms with van der Waals surface area (Å²) < 4.78 is 96.9. The Morgan fingerprint density at radius 2 is 0.817 bits per heavy atom. The molecule has 39 heteroatoms. The molecule has 12 rings (SSSR count). The summed E-state index contributed by atoms with van der Waals surface area (Å²) in [6.45, 7) is 4.54. The van der Waals surface area contributed by atoms with Crippen LogP contribution in [-0.2, 0) is 75.8 Å². The fourth-order valence-electron chi connectivity index (χ4n) is 20.4. The summed E-state index contributed by atoms with van der Waals surface area (Å²) in [4.78, 5) is 0. The summed E-state index contributed by atoms with van der Waals surface area (Å²) in [6, 6.07) is 0. The van der Waals surface area contributed by atoms with E-state index < -0.39 is 273 Å². The van der Waals surface area contributed by atoms with Gasteiger partial charge in [-0.2, -0.15) is 0 Å². The predicted molar refractivity (Wildman–Crippen MR) is 354 cm³/mol. The lowest BCUT2D eigenvalue weighted by Gasteiger charge is -2.62. The molecule has 0 radical (unpaired) electrons. The highest BCUT2D eigenvalue weighted by molar-refractivity contribution is 5.17. The molecule has 12 aliphatic rings. The molecule has 0 aromatic carbocycles. The van der Waals surface area contributed by atoms with Crippen LogP contribution in [0.2, 0.25) is 0 Å². The van der Waals surface area contributed by atoms with Gasteiger partial charge in [0.1, 0.15) is 165 Å². The quantitative estimate of drug-likeness (QED) is 0.0378. The molecule has 0 bridgehead atoms. The maximum absolute atomic E-state index is 12.4. The summed E-state index contributed by atoms with van der Waals surface area (Å²) in [5, 5.41) is 253. The third-order valence-corrected chi connectivity index (χ3v) is 26.7. The van der Waals surface area contributed by atoms with Gasteiger partial charge in [-0.1, -0.05) is 27.7 Å². The lowest BCUT2D eigenvalue weighted by Crippen LogP contribution is -2.69. The molecule has 8 heterocycles. The summed E-state index contributed by atoms with van der Waals surface area (Å²) in [7, 11) is 1.66. The molecule has 48 atom stereocenters. The van der Waals surface area contributed by atoms with Crippen LogP contribution in [0.3, 0.4) is 0 Å². The van der Waals surface area contributed by atoms with E-state index in [2.05, 4.69) is 20.8 Å². The number of rotatable bonds is 25. The van der Waals surface area contributed by atoms with Crippen molar-refractivity contribution in [3.63, 3.8) is 0 Å². The van der Waals surface area contributed by atoms with Gasteiger partial charge in [0.2, 0.25) is 0 Å². The van der Waals surface area contributed by atoms with Gasteiger partial charge in [0.05, 0.1) is 70.7 Å². The van der Waals surface area contributed by atoms with Gasteiger partial charge >= 0.3 is 0 Å². The Bertz CT molecular complexity index is 2880. The van der Waals surface area contributed by atoms with Gasteiger partial charge < -0.3 is 193 Å². The fourth-order valence-corrected chi connectivity index (χ4v) is 20.4. The fraction of sp³-hybridized carbons (Fsp3) is 1.00. The number of methoxy groups -OCH3 is 1. The zero-order chi connectivity index (χ0) is 79.1. The molecule has 23 N–H and O–H groups in total. The van der Waals surface area contributed by atoms with Crippen molar-refractivity contribution in [1.29, 1.82) is 0 Å². The minimum Gasteiger partial charge on any atom is -0.394 e. The lowest BCUT2D eigenvalue weighted by molar-refractivity contribution is -0.414. The van der Waals surface area contributed by atoms with Gasteiger partial charge in [-0.15, -0.1) is 0 Å². The number of fused-ring (bicyclic) bond motifs is 7. The van der Waals surface area contributed by atoms with Gasteiger partial charge in [-0.3, -0.25) is 0 Å². The van der Waals surface area contributed by atoms with E-state index in [1.54, 1.807) is 7.11 Å². The first-order chi connectivity index (χ1) is 51.7. The maximum atomic E-state index is 12.4. The number of hydrogen-bond acceptors (Lipinski definition) is 39. The first-order valence-corrected chi connectivity index (χ1v) is 38.3. The van der Waals surface area contributed by atoms with E-state index in [4.69, 9.17) is 75.8 Å². The average Bonchev–Trinajstić information content (AvgIpc) is 1.55. The third kappa shape index (κ3) is 16.2. The highest BCUT2D eigenvalue weighted by Crippen LogP contribution is 2.71. The smallest absolute Gasteiger partial charge is 0.187 e. The highest BCUT2D eigenvalue weighted by atomic mass is 16.8. The van der Waals surface area contributed by atoms with Crippen LogP contribution < -0.4 is 0 Å². The monoisotopic (exact) mass is 1580 g/mol. The second kappa shape index (κ2) is 35.2. The summed E-state index contributed by atoms with van der Waals surface area (Å²) in [5.41, 5.74) is -0.528. The molecule has 0 aromatic heterocycles. The molecule has 0 aromatic rings. The largest absolute Gasteiger partial charge is 0.394 e. The van der Waals surface area contributed by atoms with Crippen LogP contribution in [0.15, 0.2) is 0 Å². The van der Waals surface area contributed by atoms with Crippen molar-refractivity contribution < 1.29 is 193 Å². The van der Waals surface area contributed by atoms with Crippen LogP contribution in [-0.4, -0.2) is 410 Å².